The molecule has 1 N–H and O–H groups in total. The van der Waals surface area contributed by atoms with Crippen molar-refractivity contribution in [3.05, 3.63) is 29.8 Å². The van der Waals surface area contributed by atoms with Crippen LogP contribution in [0, 0.1) is 5.92 Å². The lowest BCUT2D eigenvalue weighted by molar-refractivity contribution is -0.149. The van der Waals surface area contributed by atoms with Gasteiger partial charge in [-0.2, -0.15) is 0 Å². The molecule has 1 heterocycles. The second-order valence-electron chi connectivity index (χ2n) is 7.14. The zero-order chi connectivity index (χ0) is 18.9. The standard InChI is InChI=1S/C21H33NO4/c1-4-16(3)19-8-6-7-9-20(19)26-15-18(23)14-22-12-10-17(11-13-22)21(24)25-5-2/h6-9,16-18,23H,4-5,10-15H2,1-3H3/t16-,18+/m1/s1. The molecule has 2 atom stereocenters. The highest BCUT2D eigenvalue weighted by molar-refractivity contribution is 5.72. The monoisotopic (exact) mass is 363 g/mol. The molecule has 0 bridgehead atoms. The quantitative estimate of drug-likeness (QED) is 0.683. The molecule has 0 unspecified atom stereocenters. The van der Waals surface area contributed by atoms with Gasteiger partial charge in [0, 0.05) is 6.54 Å². The van der Waals surface area contributed by atoms with Gasteiger partial charge >= 0.3 is 5.97 Å². The number of esters is 1. The second kappa shape index (κ2) is 10.5. The number of carbonyl (C=O) groups is 1. The van der Waals surface area contributed by atoms with E-state index in [1.54, 1.807) is 0 Å². The zero-order valence-electron chi connectivity index (χ0n) is 16.3. The Labute approximate surface area is 157 Å². The Morgan fingerprint density at radius 3 is 2.62 bits per heavy atom. The van der Waals surface area contributed by atoms with Crippen molar-refractivity contribution in [1.29, 1.82) is 0 Å². The van der Waals surface area contributed by atoms with Crippen LogP contribution < -0.4 is 4.74 Å². The van der Waals surface area contributed by atoms with Crippen LogP contribution in [0.5, 0.6) is 5.75 Å². The third-order valence-electron chi connectivity index (χ3n) is 5.17. The summed E-state index contributed by atoms with van der Waals surface area (Å²) in [5, 5.41) is 10.4. The number of hydrogen-bond acceptors (Lipinski definition) is 5. The molecule has 2 rings (SSSR count). The Bertz CT molecular complexity index is 555. The maximum Gasteiger partial charge on any atom is 0.309 e. The number of para-hydroxylation sites is 1. The highest BCUT2D eigenvalue weighted by atomic mass is 16.5. The van der Waals surface area contributed by atoms with Crippen LogP contribution in [-0.4, -0.2) is 54.9 Å². The summed E-state index contributed by atoms with van der Waals surface area (Å²) in [5.74, 6) is 1.21. The van der Waals surface area contributed by atoms with E-state index in [0.29, 0.717) is 19.1 Å². The number of piperidine rings is 1. The number of carbonyl (C=O) groups excluding carboxylic acids is 1. The average Bonchev–Trinajstić information content (AvgIpc) is 2.66. The number of aliphatic hydroxyl groups is 1. The lowest BCUT2D eigenvalue weighted by Crippen LogP contribution is -2.42. The Kier molecular flexibility index (Phi) is 8.39. The van der Waals surface area contributed by atoms with Gasteiger partial charge in [-0.3, -0.25) is 4.79 Å². The number of ether oxygens (including phenoxy) is 2. The molecule has 0 amide bonds. The number of hydrogen-bond donors (Lipinski definition) is 1. The lowest BCUT2D eigenvalue weighted by Gasteiger charge is -2.32. The van der Waals surface area contributed by atoms with Crippen LogP contribution in [0.4, 0.5) is 0 Å². The van der Waals surface area contributed by atoms with Crippen molar-refractivity contribution in [3.8, 4) is 5.75 Å². The summed E-state index contributed by atoms with van der Waals surface area (Å²) in [6.45, 7) is 9.10. The van der Waals surface area contributed by atoms with E-state index in [2.05, 4.69) is 24.8 Å². The largest absolute Gasteiger partial charge is 0.491 e. The summed E-state index contributed by atoms with van der Waals surface area (Å²) in [5.41, 5.74) is 1.19. The van der Waals surface area contributed by atoms with E-state index < -0.39 is 6.10 Å². The first-order valence-electron chi connectivity index (χ1n) is 9.83. The van der Waals surface area contributed by atoms with Gasteiger partial charge in [-0.25, -0.2) is 0 Å². The molecule has 0 aromatic heterocycles. The van der Waals surface area contributed by atoms with Crippen LogP contribution in [0.2, 0.25) is 0 Å². The number of rotatable bonds is 9. The molecule has 146 valence electrons. The fraction of sp³-hybridized carbons (Fsp3) is 0.667. The zero-order valence-corrected chi connectivity index (χ0v) is 16.3. The molecule has 1 aromatic carbocycles. The summed E-state index contributed by atoms with van der Waals surface area (Å²) in [4.78, 5) is 14.0. The summed E-state index contributed by atoms with van der Waals surface area (Å²) in [6.07, 6.45) is 2.10. The SMILES string of the molecule is CCOC(=O)C1CCN(C[C@H](O)COc2ccccc2[C@H](C)CC)CC1. The van der Waals surface area contributed by atoms with Crippen LogP contribution in [0.1, 0.15) is 51.5 Å². The van der Waals surface area contributed by atoms with E-state index >= 15 is 0 Å². The minimum atomic E-state index is -0.542. The Balaban J connectivity index is 1.77. The topological polar surface area (TPSA) is 59.0 Å². The van der Waals surface area contributed by atoms with Gasteiger partial charge in [-0.15, -0.1) is 0 Å². The Morgan fingerprint density at radius 1 is 1.27 bits per heavy atom. The van der Waals surface area contributed by atoms with Crippen LogP contribution in [0.25, 0.3) is 0 Å². The Morgan fingerprint density at radius 2 is 1.96 bits per heavy atom. The highest BCUT2D eigenvalue weighted by Gasteiger charge is 2.27. The molecule has 26 heavy (non-hydrogen) atoms. The van der Waals surface area contributed by atoms with Crippen LogP contribution in [0.3, 0.4) is 0 Å². The average molecular weight is 363 g/mol. The van der Waals surface area contributed by atoms with E-state index in [0.717, 1.165) is 38.1 Å². The van der Waals surface area contributed by atoms with Gasteiger partial charge in [0.15, 0.2) is 0 Å². The molecule has 1 aliphatic heterocycles. The van der Waals surface area contributed by atoms with Crippen molar-refractivity contribution in [2.75, 3.05) is 32.8 Å². The molecule has 1 aromatic rings. The number of nitrogens with zero attached hydrogens (tertiary/aromatic N) is 1. The maximum absolute atomic E-state index is 11.8. The van der Waals surface area contributed by atoms with E-state index in [4.69, 9.17) is 9.47 Å². The molecule has 0 radical (unpaired) electrons. The summed E-state index contributed by atoms with van der Waals surface area (Å²) >= 11 is 0. The van der Waals surface area contributed by atoms with Gasteiger partial charge in [0.2, 0.25) is 0 Å². The Hall–Kier alpha value is -1.59. The molecular formula is C21H33NO4. The lowest BCUT2D eigenvalue weighted by atomic mass is 9.97. The molecule has 5 heteroatoms. The predicted molar refractivity (Wildman–Crippen MR) is 102 cm³/mol. The first-order valence-corrected chi connectivity index (χ1v) is 9.83. The number of benzene rings is 1. The fourth-order valence-electron chi connectivity index (χ4n) is 3.39. The first kappa shape index (κ1) is 20.7. The van der Waals surface area contributed by atoms with Gasteiger partial charge in [0.25, 0.3) is 0 Å². The van der Waals surface area contributed by atoms with Crippen molar-refractivity contribution in [3.63, 3.8) is 0 Å². The van der Waals surface area contributed by atoms with Gasteiger partial charge < -0.3 is 19.5 Å². The summed E-state index contributed by atoms with van der Waals surface area (Å²) < 4.78 is 11.0. The first-order chi connectivity index (χ1) is 12.5. The third kappa shape index (κ3) is 5.99. The van der Waals surface area contributed by atoms with E-state index in [9.17, 15) is 9.90 Å². The minimum Gasteiger partial charge on any atom is -0.491 e. The molecule has 1 aliphatic rings. The molecule has 1 saturated heterocycles. The van der Waals surface area contributed by atoms with Crippen molar-refractivity contribution in [2.24, 2.45) is 5.92 Å². The molecular weight excluding hydrogens is 330 g/mol. The summed E-state index contributed by atoms with van der Waals surface area (Å²) in [6, 6.07) is 8.06. The molecule has 5 nitrogen and oxygen atoms in total. The van der Waals surface area contributed by atoms with Gasteiger partial charge in [0.1, 0.15) is 18.5 Å². The van der Waals surface area contributed by atoms with Crippen molar-refractivity contribution in [1.82, 2.24) is 4.90 Å². The van der Waals surface area contributed by atoms with Crippen molar-refractivity contribution in [2.45, 2.75) is 52.1 Å². The van der Waals surface area contributed by atoms with E-state index in [1.807, 2.05) is 25.1 Å². The maximum atomic E-state index is 11.8. The summed E-state index contributed by atoms with van der Waals surface area (Å²) in [7, 11) is 0. The molecule has 1 fully saturated rings. The smallest absolute Gasteiger partial charge is 0.309 e. The molecule has 0 aliphatic carbocycles. The van der Waals surface area contributed by atoms with Crippen molar-refractivity contribution < 1.29 is 19.4 Å². The third-order valence-corrected chi connectivity index (χ3v) is 5.17. The minimum absolute atomic E-state index is 0.00185. The normalized spacial score (nSPS) is 18.3. The number of aliphatic hydroxyl groups excluding tert-OH is 1. The second-order valence-corrected chi connectivity index (χ2v) is 7.14. The van der Waals surface area contributed by atoms with Gasteiger partial charge in [0.05, 0.1) is 12.5 Å². The number of β-amino-alcohol motifs (C(OH)–C–C–N with tert-alkyl or cyclic N) is 1. The molecule has 0 saturated carbocycles. The van der Waals surface area contributed by atoms with Crippen LogP contribution in [-0.2, 0) is 9.53 Å². The van der Waals surface area contributed by atoms with Crippen molar-refractivity contribution >= 4 is 5.97 Å². The van der Waals surface area contributed by atoms with E-state index in [-0.39, 0.29) is 18.5 Å². The highest BCUT2D eigenvalue weighted by Crippen LogP contribution is 2.28. The predicted octanol–water partition coefficient (Wildman–Crippen LogP) is 3.21. The van der Waals surface area contributed by atoms with Crippen LogP contribution in [0.15, 0.2) is 24.3 Å². The van der Waals surface area contributed by atoms with E-state index in [1.165, 1.54) is 5.56 Å². The number of likely N-dealkylation sites (tertiary alicyclic amines) is 1. The molecule has 0 spiro atoms. The van der Waals surface area contributed by atoms with Gasteiger partial charge in [-0.1, -0.05) is 32.0 Å². The fourth-order valence-corrected chi connectivity index (χ4v) is 3.39. The van der Waals surface area contributed by atoms with Crippen LogP contribution >= 0.6 is 0 Å². The van der Waals surface area contributed by atoms with Gasteiger partial charge in [-0.05, 0) is 56.8 Å².